The van der Waals surface area contributed by atoms with Crippen LogP contribution in [0.15, 0.2) is 58.6 Å². The molecule has 2 heterocycles. The van der Waals surface area contributed by atoms with Gasteiger partial charge in [0.1, 0.15) is 18.9 Å². The summed E-state index contributed by atoms with van der Waals surface area (Å²) in [6.45, 7) is 4.10. The van der Waals surface area contributed by atoms with Crippen LogP contribution >= 0.6 is 0 Å². The highest BCUT2D eigenvalue weighted by Gasteiger charge is 2.54. The van der Waals surface area contributed by atoms with E-state index in [9.17, 15) is 14.7 Å². The fraction of sp³-hybridized carbons (Fsp3) is 0.414. The third kappa shape index (κ3) is 5.58. The SMILES string of the molecule is CC=CC=CC(=O)[N+]1(OCCc2nc(C=C3CCCCC3)oc2C)CCc2ccccc2C1C(=O)O. The number of carboxylic acid groups (broad SMARTS) is 1. The highest BCUT2D eigenvalue weighted by atomic mass is 16.7. The molecule has 0 radical (unpaired) electrons. The molecule has 7 heteroatoms. The second-order valence-electron chi connectivity index (χ2n) is 9.43. The summed E-state index contributed by atoms with van der Waals surface area (Å²) in [5.74, 6) is -0.168. The minimum absolute atomic E-state index is 0.137. The number of aromatic nitrogens is 1. The van der Waals surface area contributed by atoms with Gasteiger partial charge < -0.3 is 9.52 Å². The maximum atomic E-state index is 13.5. The normalized spacial score (nSPS) is 22.2. The first kappa shape index (κ1) is 25.8. The van der Waals surface area contributed by atoms with Gasteiger partial charge in [-0.1, -0.05) is 59.1 Å². The molecular formula is C29H35N2O5+. The Morgan fingerprint density at radius 2 is 1.94 bits per heavy atom. The molecule has 4 rings (SSSR count). The van der Waals surface area contributed by atoms with Gasteiger partial charge in [-0.15, -0.1) is 0 Å². The maximum absolute atomic E-state index is 13.5. The molecule has 1 aliphatic carbocycles. The van der Waals surface area contributed by atoms with Gasteiger partial charge >= 0.3 is 11.9 Å². The number of hydrogen-bond acceptors (Lipinski definition) is 5. The molecule has 1 aromatic carbocycles. The van der Waals surface area contributed by atoms with Crippen molar-refractivity contribution in [1.29, 1.82) is 0 Å². The number of benzene rings is 1. The molecule has 2 aromatic rings. The topological polar surface area (TPSA) is 89.6 Å². The van der Waals surface area contributed by atoms with Gasteiger partial charge in [0, 0.05) is 24.5 Å². The molecule has 190 valence electrons. The standard InChI is InChI=1S/C29H34N2O5/c1-3-4-6-15-27(32)31(18-16-23-13-9-10-14-24(23)28(31)29(33)34)35-19-17-25-21(2)36-26(30-25)20-22-11-7-5-8-12-22/h3-4,6,9-10,13-15,20,28H,5,7-8,11-12,16-19H2,1-2H3/p+1. The lowest BCUT2D eigenvalue weighted by molar-refractivity contribution is -1.06. The molecule has 1 aromatic heterocycles. The molecule has 0 bridgehead atoms. The predicted octanol–water partition coefficient (Wildman–Crippen LogP) is 5.66. The molecular weight excluding hydrogens is 456 g/mol. The zero-order valence-corrected chi connectivity index (χ0v) is 21.1. The van der Waals surface area contributed by atoms with Crippen LogP contribution in [0.4, 0.5) is 0 Å². The van der Waals surface area contributed by atoms with Crippen molar-refractivity contribution >= 4 is 18.0 Å². The molecule has 2 unspecified atom stereocenters. The third-order valence-corrected chi connectivity index (χ3v) is 7.02. The zero-order valence-electron chi connectivity index (χ0n) is 21.1. The molecule has 0 spiro atoms. The average Bonchev–Trinajstić information content (AvgIpc) is 3.22. The summed E-state index contributed by atoms with van der Waals surface area (Å²) in [5, 5.41) is 10.2. The van der Waals surface area contributed by atoms with Crippen LogP contribution in [0, 0.1) is 6.92 Å². The van der Waals surface area contributed by atoms with Crippen molar-refractivity contribution in [3.8, 4) is 0 Å². The smallest absolute Gasteiger partial charge is 0.371 e. The van der Waals surface area contributed by atoms with Crippen molar-refractivity contribution in [2.24, 2.45) is 0 Å². The van der Waals surface area contributed by atoms with E-state index in [0.29, 0.717) is 30.1 Å². The molecule has 1 amide bonds. The van der Waals surface area contributed by atoms with Crippen molar-refractivity contribution in [3.05, 3.63) is 82.6 Å². The highest BCUT2D eigenvalue weighted by molar-refractivity contribution is 5.85. The number of aliphatic carboxylic acids is 1. The van der Waals surface area contributed by atoms with E-state index in [1.54, 1.807) is 24.3 Å². The highest BCUT2D eigenvalue weighted by Crippen LogP contribution is 2.38. The van der Waals surface area contributed by atoms with Crippen LogP contribution < -0.4 is 0 Å². The number of allylic oxidation sites excluding steroid dienone is 4. The van der Waals surface area contributed by atoms with E-state index in [1.807, 2.05) is 38.1 Å². The fourth-order valence-electron chi connectivity index (χ4n) is 5.17. The first-order valence-electron chi connectivity index (χ1n) is 12.8. The predicted molar refractivity (Wildman–Crippen MR) is 137 cm³/mol. The van der Waals surface area contributed by atoms with Crippen LogP contribution in [0.5, 0.6) is 0 Å². The summed E-state index contributed by atoms with van der Waals surface area (Å²) >= 11 is 0. The number of nitrogens with zero attached hydrogens (tertiary/aromatic N) is 2. The Bertz CT molecular complexity index is 1180. The Kier molecular flexibility index (Phi) is 8.33. The second kappa shape index (κ2) is 11.6. The quantitative estimate of drug-likeness (QED) is 0.291. The molecule has 2 aliphatic rings. The van der Waals surface area contributed by atoms with Crippen LogP contribution in [0.2, 0.25) is 0 Å². The summed E-state index contributed by atoms with van der Waals surface area (Å²) in [7, 11) is 0. The molecule has 7 nitrogen and oxygen atoms in total. The van der Waals surface area contributed by atoms with E-state index in [-0.39, 0.29) is 13.2 Å². The summed E-state index contributed by atoms with van der Waals surface area (Å²) in [4.78, 5) is 36.9. The molecule has 2 atom stereocenters. The number of aryl methyl sites for hydroxylation is 1. The number of carboxylic acids is 1. The number of rotatable bonds is 8. The van der Waals surface area contributed by atoms with Gasteiger partial charge in [-0.2, -0.15) is 4.84 Å². The Balaban J connectivity index is 1.57. The summed E-state index contributed by atoms with van der Waals surface area (Å²) in [6.07, 6.45) is 15.4. The lowest BCUT2D eigenvalue weighted by Gasteiger charge is -2.40. The number of oxazole rings is 1. The van der Waals surface area contributed by atoms with Crippen LogP contribution in [-0.4, -0.2) is 39.8 Å². The zero-order chi connectivity index (χ0) is 25.5. The van der Waals surface area contributed by atoms with Crippen LogP contribution in [0.25, 0.3) is 6.08 Å². The van der Waals surface area contributed by atoms with E-state index >= 15 is 0 Å². The number of quaternary nitrogens is 1. The Labute approximate surface area is 212 Å². The first-order valence-corrected chi connectivity index (χ1v) is 12.8. The van der Waals surface area contributed by atoms with Crippen LogP contribution in [0.1, 0.15) is 73.5 Å². The van der Waals surface area contributed by atoms with E-state index in [0.717, 1.165) is 24.1 Å². The monoisotopic (exact) mass is 491 g/mol. The number of hydroxylamine groups is 3. The van der Waals surface area contributed by atoms with Gasteiger partial charge in [0.15, 0.2) is 0 Å². The minimum Gasteiger partial charge on any atom is -0.476 e. The minimum atomic E-state index is -1.15. The van der Waals surface area contributed by atoms with Gasteiger partial charge in [0.05, 0.1) is 5.69 Å². The molecule has 0 saturated heterocycles. The van der Waals surface area contributed by atoms with Crippen molar-refractivity contribution in [2.45, 2.75) is 64.8 Å². The van der Waals surface area contributed by atoms with E-state index in [4.69, 9.17) is 9.25 Å². The summed E-state index contributed by atoms with van der Waals surface area (Å²) < 4.78 is 5.26. The second-order valence-corrected chi connectivity index (χ2v) is 9.43. The van der Waals surface area contributed by atoms with Crippen molar-refractivity contribution < 1.29 is 28.6 Å². The first-order chi connectivity index (χ1) is 17.4. The molecule has 1 aliphatic heterocycles. The summed E-state index contributed by atoms with van der Waals surface area (Å²) in [5.41, 5.74) is 3.67. The van der Waals surface area contributed by atoms with Gasteiger partial charge in [-0.05, 0) is 51.2 Å². The summed E-state index contributed by atoms with van der Waals surface area (Å²) in [6, 6.07) is 6.23. The lowest BCUT2D eigenvalue weighted by Crippen LogP contribution is -2.59. The van der Waals surface area contributed by atoms with Gasteiger partial charge in [0.2, 0.25) is 11.9 Å². The van der Waals surface area contributed by atoms with E-state index in [2.05, 4.69) is 4.98 Å². The average molecular weight is 492 g/mol. The van der Waals surface area contributed by atoms with Gasteiger partial charge in [0.25, 0.3) is 0 Å². The van der Waals surface area contributed by atoms with Crippen LogP contribution in [0.3, 0.4) is 0 Å². The molecule has 1 fully saturated rings. The van der Waals surface area contributed by atoms with Crippen molar-refractivity contribution in [1.82, 2.24) is 4.98 Å². The fourth-order valence-corrected chi connectivity index (χ4v) is 5.17. The maximum Gasteiger partial charge on any atom is 0.371 e. The largest absolute Gasteiger partial charge is 0.476 e. The Hall–Kier alpha value is -3.29. The van der Waals surface area contributed by atoms with Crippen LogP contribution in [-0.2, 0) is 27.3 Å². The van der Waals surface area contributed by atoms with E-state index < -0.39 is 22.6 Å². The van der Waals surface area contributed by atoms with Crippen molar-refractivity contribution in [2.75, 3.05) is 13.2 Å². The van der Waals surface area contributed by atoms with Gasteiger partial charge in [-0.25, -0.2) is 14.6 Å². The number of hydrogen-bond donors (Lipinski definition) is 1. The number of fused-ring (bicyclic) bond motifs is 1. The molecule has 1 N–H and O–H groups in total. The molecule has 1 saturated carbocycles. The number of amides is 1. The number of carbonyl (C=O) groups is 2. The number of carbonyl (C=O) groups excluding carboxylic acids is 1. The van der Waals surface area contributed by atoms with Crippen molar-refractivity contribution in [3.63, 3.8) is 0 Å². The third-order valence-electron chi connectivity index (χ3n) is 7.02. The Morgan fingerprint density at radius 3 is 2.69 bits per heavy atom. The van der Waals surface area contributed by atoms with Gasteiger partial charge in [-0.3, -0.25) is 0 Å². The lowest BCUT2D eigenvalue weighted by atomic mass is 9.91. The van der Waals surface area contributed by atoms with E-state index in [1.165, 1.54) is 30.9 Å². The molecule has 36 heavy (non-hydrogen) atoms. The Morgan fingerprint density at radius 1 is 1.17 bits per heavy atom.